The molecule has 2 amide bonds. The van der Waals surface area contributed by atoms with Gasteiger partial charge in [-0.05, 0) is 36.6 Å². The Morgan fingerprint density at radius 2 is 1.85 bits per heavy atom. The number of carbonyl (C=O) groups excluding carboxylic acids is 2. The molecule has 2 aromatic carbocycles. The summed E-state index contributed by atoms with van der Waals surface area (Å²) in [4.78, 5) is 25.0. The van der Waals surface area contributed by atoms with Crippen molar-refractivity contribution in [1.82, 2.24) is 5.32 Å². The van der Waals surface area contributed by atoms with Crippen molar-refractivity contribution >= 4 is 17.5 Å². The number of amides is 2. The predicted octanol–water partition coefficient (Wildman–Crippen LogP) is 4.01. The van der Waals surface area contributed by atoms with Crippen LogP contribution in [0.25, 0.3) is 0 Å². The maximum absolute atomic E-state index is 13.8. The monoisotopic (exact) mass is 372 g/mol. The minimum atomic E-state index is -0.808. The Morgan fingerprint density at radius 1 is 1.11 bits per heavy atom. The topological polar surface area (TPSA) is 67.4 Å². The Kier molecular flexibility index (Phi) is 7.34. The van der Waals surface area contributed by atoms with Gasteiger partial charge in [0, 0.05) is 11.8 Å². The van der Waals surface area contributed by atoms with Crippen molar-refractivity contribution in [1.29, 1.82) is 0 Å². The third kappa shape index (κ3) is 5.81. The Hall–Kier alpha value is -2.89. The van der Waals surface area contributed by atoms with Gasteiger partial charge in [-0.15, -0.1) is 0 Å². The first-order valence-corrected chi connectivity index (χ1v) is 9.01. The molecule has 0 spiro atoms. The average Bonchev–Trinajstić information content (AvgIpc) is 2.64. The number of hydrogen-bond acceptors (Lipinski definition) is 3. The smallest absolute Gasteiger partial charge is 0.254 e. The zero-order valence-corrected chi connectivity index (χ0v) is 15.8. The fourth-order valence-electron chi connectivity index (χ4n) is 2.50. The highest BCUT2D eigenvalue weighted by atomic mass is 19.1. The molecule has 1 atom stereocenters. The van der Waals surface area contributed by atoms with Crippen LogP contribution in [0.3, 0.4) is 0 Å². The lowest BCUT2D eigenvalue weighted by molar-refractivity contribution is -0.118. The lowest BCUT2D eigenvalue weighted by Gasteiger charge is -2.22. The van der Waals surface area contributed by atoms with Crippen molar-refractivity contribution in [2.45, 2.75) is 33.2 Å². The quantitative estimate of drug-likeness (QED) is 0.736. The molecule has 0 heterocycles. The van der Waals surface area contributed by atoms with Crippen LogP contribution in [-0.4, -0.2) is 24.5 Å². The number of ether oxygens (including phenoxy) is 1. The van der Waals surface area contributed by atoms with Crippen molar-refractivity contribution in [2.24, 2.45) is 5.92 Å². The number of halogens is 1. The Labute approximate surface area is 158 Å². The molecule has 6 heteroatoms. The molecule has 0 aliphatic heterocycles. The highest BCUT2D eigenvalue weighted by Crippen LogP contribution is 2.18. The molecule has 0 radical (unpaired) electrons. The highest BCUT2D eigenvalue weighted by Gasteiger charge is 2.25. The second kappa shape index (κ2) is 9.71. The molecule has 27 heavy (non-hydrogen) atoms. The van der Waals surface area contributed by atoms with E-state index in [1.807, 2.05) is 26.8 Å². The summed E-state index contributed by atoms with van der Waals surface area (Å²) in [7, 11) is 0. The van der Waals surface area contributed by atoms with E-state index in [9.17, 15) is 14.0 Å². The van der Waals surface area contributed by atoms with E-state index in [0.29, 0.717) is 18.0 Å². The molecule has 2 aromatic rings. The van der Waals surface area contributed by atoms with E-state index in [0.717, 1.165) is 6.42 Å². The van der Waals surface area contributed by atoms with Crippen LogP contribution in [0.2, 0.25) is 0 Å². The summed E-state index contributed by atoms with van der Waals surface area (Å²) in [6, 6.07) is 11.9. The minimum Gasteiger partial charge on any atom is -0.494 e. The SMILES string of the molecule is CCCOc1cccc(NC(=O)C(NC(=O)c2ccccc2F)C(C)C)c1. The van der Waals surface area contributed by atoms with E-state index < -0.39 is 17.8 Å². The van der Waals surface area contributed by atoms with Gasteiger partial charge in [-0.1, -0.05) is 39.0 Å². The Bertz CT molecular complexity index is 793. The molecule has 144 valence electrons. The van der Waals surface area contributed by atoms with E-state index in [1.165, 1.54) is 18.2 Å². The average molecular weight is 372 g/mol. The summed E-state index contributed by atoms with van der Waals surface area (Å²) in [5, 5.41) is 5.40. The molecule has 0 fully saturated rings. The van der Waals surface area contributed by atoms with Crippen LogP contribution in [0.15, 0.2) is 48.5 Å². The third-order valence-corrected chi connectivity index (χ3v) is 3.93. The molecule has 0 saturated carbocycles. The number of benzene rings is 2. The van der Waals surface area contributed by atoms with Crippen molar-refractivity contribution in [2.75, 3.05) is 11.9 Å². The maximum Gasteiger partial charge on any atom is 0.254 e. The highest BCUT2D eigenvalue weighted by molar-refractivity contribution is 6.01. The molecule has 0 aromatic heterocycles. The molecule has 0 aliphatic rings. The van der Waals surface area contributed by atoms with Crippen molar-refractivity contribution in [3.63, 3.8) is 0 Å². The Morgan fingerprint density at radius 3 is 2.52 bits per heavy atom. The van der Waals surface area contributed by atoms with Gasteiger partial charge < -0.3 is 15.4 Å². The van der Waals surface area contributed by atoms with Crippen molar-refractivity contribution in [3.8, 4) is 5.75 Å². The van der Waals surface area contributed by atoms with Crippen molar-refractivity contribution < 1.29 is 18.7 Å². The molecule has 0 saturated heterocycles. The summed E-state index contributed by atoms with van der Waals surface area (Å²) in [5.74, 6) is -1.14. The zero-order valence-electron chi connectivity index (χ0n) is 15.8. The number of rotatable bonds is 8. The van der Waals surface area contributed by atoms with Gasteiger partial charge in [-0.2, -0.15) is 0 Å². The lowest BCUT2D eigenvalue weighted by Crippen LogP contribution is -2.47. The van der Waals surface area contributed by atoms with Crippen molar-refractivity contribution in [3.05, 3.63) is 59.9 Å². The first-order valence-electron chi connectivity index (χ1n) is 9.01. The second-order valence-electron chi connectivity index (χ2n) is 6.54. The first kappa shape index (κ1) is 20.4. The van der Waals surface area contributed by atoms with Gasteiger partial charge in [0.2, 0.25) is 5.91 Å². The van der Waals surface area contributed by atoms with Crippen LogP contribution in [0.5, 0.6) is 5.75 Å². The van der Waals surface area contributed by atoms with E-state index in [4.69, 9.17) is 4.74 Å². The maximum atomic E-state index is 13.8. The van der Waals surface area contributed by atoms with Gasteiger partial charge in [-0.3, -0.25) is 9.59 Å². The summed E-state index contributed by atoms with van der Waals surface area (Å²) < 4.78 is 19.4. The van der Waals surface area contributed by atoms with Crippen LogP contribution >= 0.6 is 0 Å². The van der Waals surface area contributed by atoms with Gasteiger partial charge in [0.1, 0.15) is 17.6 Å². The summed E-state index contributed by atoms with van der Waals surface area (Å²) in [5.41, 5.74) is 0.477. The van der Waals surface area contributed by atoms with Crippen LogP contribution in [0.4, 0.5) is 10.1 Å². The van der Waals surface area contributed by atoms with Gasteiger partial charge in [0.25, 0.3) is 5.91 Å². The molecule has 1 unspecified atom stereocenters. The van der Waals surface area contributed by atoms with E-state index in [1.54, 1.807) is 24.3 Å². The molecule has 2 N–H and O–H groups in total. The van der Waals surface area contributed by atoms with Crippen LogP contribution in [0.1, 0.15) is 37.6 Å². The fourth-order valence-corrected chi connectivity index (χ4v) is 2.50. The predicted molar refractivity (Wildman–Crippen MR) is 103 cm³/mol. The first-order chi connectivity index (χ1) is 12.9. The molecule has 5 nitrogen and oxygen atoms in total. The number of carbonyl (C=O) groups is 2. The summed E-state index contributed by atoms with van der Waals surface area (Å²) in [6.45, 7) is 6.22. The summed E-state index contributed by atoms with van der Waals surface area (Å²) >= 11 is 0. The lowest BCUT2D eigenvalue weighted by atomic mass is 10.0. The fraction of sp³-hybridized carbons (Fsp3) is 0.333. The molecular formula is C21H25FN2O3. The summed E-state index contributed by atoms with van der Waals surface area (Å²) in [6.07, 6.45) is 0.883. The number of hydrogen-bond donors (Lipinski definition) is 2. The van der Waals surface area contributed by atoms with Gasteiger partial charge in [0.15, 0.2) is 0 Å². The van der Waals surface area contributed by atoms with E-state index >= 15 is 0 Å². The van der Waals surface area contributed by atoms with E-state index in [2.05, 4.69) is 10.6 Å². The second-order valence-corrected chi connectivity index (χ2v) is 6.54. The molecule has 0 aliphatic carbocycles. The van der Waals surface area contributed by atoms with Crippen LogP contribution in [0, 0.1) is 11.7 Å². The standard InChI is InChI=1S/C21H25FN2O3/c1-4-12-27-16-9-7-8-15(13-16)23-21(26)19(14(2)3)24-20(25)17-10-5-6-11-18(17)22/h5-11,13-14,19H,4,12H2,1-3H3,(H,23,26)(H,24,25). The Balaban J connectivity index is 2.09. The zero-order chi connectivity index (χ0) is 19.8. The largest absolute Gasteiger partial charge is 0.494 e. The van der Waals surface area contributed by atoms with E-state index in [-0.39, 0.29) is 17.4 Å². The molecule has 0 bridgehead atoms. The molecule has 2 rings (SSSR count). The van der Waals surface area contributed by atoms with Gasteiger partial charge in [-0.25, -0.2) is 4.39 Å². The van der Waals surface area contributed by atoms with Gasteiger partial charge in [0.05, 0.1) is 12.2 Å². The minimum absolute atomic E-state index is 0.0917. The number of anilines is 1. The van der Waals surface area contributed by atoms with Crippen LogP contribution < -0.4 is 15.4 Å². The number of nitrogens with one attached hydrogen (secondary N) is 2. The van der Waals surface area contributed by atoms with Gasteiger partial charge >= 0.3 is 0 Å². The van der Waals surface area contributed by atoms with Crippen LogP contribution in [-0.2, 0) is 4.79 Å². The normalized spacial score (nSPS) is 11.7. The third-order valence-electron chi connectivity index (χ3n) is 3.93. The molecular weight excluding hydrogens is 347 g/mol.